The summed E-state index contributed by atoms with van der Waals surface area (Å²) in [6.07, 6.45) is 2.63. The third-order valence-corrected chi connectivity index (χ3v) is 4.04. The van der Waals surface area contributed by atoms with Crippen LogP contribution >= 0.6 is 0 Å². The summed E-state index contributed by atoms with van der Waals surface area (Å²) in [6.45, 7) is 9.22. The maximum Gasteiger partial charge on any atom is 0.154 e. The number of nitrogens with one attached hydrogen (secondary N) is 1. The minimum Gasteiger partial charge on any atom is -0.310 e. The van der Waals surface area contributed by atoms with Crippen molar-refractivity contribution in [3.8, 4) is 5.82 Å². The number of hydrogen-bond acceptors (Lipinski definition) is 3. The van der Waals surface area contributed by atoms with Crippen LogP contribution in [0.4, 0.5) is 0 Å². The minimum absolute atomic E-state index is 0.725. The summed E-state index contributed by atoms with van der Waals surface area (Å²) in [5.74, 6) is 0.922. The van der Waals surface area contributed by atoms with Gasteiger partial charge in [-0.2, -0.15) is 5.10 Å². The van der Waals surface area contributed by atoms with Gasteiger partial charge in [0.05, 0.1) is 5.69 Å². The Labute approximate surface area is 120 Å². The molecule has 0 radical (unpaired) electrons. The Morgan fingerprint density at radius 1 is 1.20 bits per heavy atom. The fourth-order valence-electron chi connectivity index (χ4n) is 2.42. The number of rotatable bonds is 4. The Morgan fingerprint density at radius 2 is 1.95 bits per heavy atom. The van der Waals surface area contributed by atoms with E-state index < -0.39 is 0 Å². The van der Waals surface area contributed by atoms with E-state index in [0.717, 1.165) is 29.8 Å². The molecule has 20 heavy (non-hydrogen) atoms. The molecule has 0 atom stereocenters. The maximum absolute atomic E-state index is 4.63. The summed E-state index contributed by atoms with van der Waals surface area (Å²) in [6, 6.07) is 5.02. The van der Waals surface area contributed by atoms with Gasteiger partial charge in [-0.3, -0.25) is 0 Å². The highest BCUT2D eigenvalue weighted by Crippen LogP contribution is 2.20. The molecule has 0 bridgehead atoms. The predicted molar refractivity (Wildman–Crippen MR) is 80.2 cm³/mol. The highest BCUT2D eigenvalue weighted by atomic mass is 15.3. The van der Waals surface area contributed by atoms with Crippen LogP contribution in [-0.2, 0) is 6.54 Å². The van der Waals surface area contributed by atoms with Gasteiger partial charge < -0.3 is 5.32 Å². The fraction of sp³-hybridized carbons (Fsp3) is 0.500. The lowest BCUT2D eigenvalue weighted by Crippen LogP contribution is -2.16. The van der Waals surface area contributed by atoms with Crippen LogP contribution in [0.3, 0.4) is 0 Å². The Balaban J connectivity index is 1.93. The van der Waals surface area contributed by atoms with Crippen molar-refractivity contribution in [3.05, 3.63) is 40.3 Å². The van der Waals surface area contributed by atoms with Crippen molar-refractivity contribution in [2.75, 3.05) is 0 Å². The summed E-state index contributed by atoms with van der Waals surface area (Å²) < 4.78 is 1.96. The van der Waals surface area contributed by atoms with Crippen molar-refractivity contribution in [1.29, 1.82) is 0 Å². The van der Waals surface area contributed by atoms with E-state index in [2.05, 4.69) is 41.4 Å². The van der Waals surface area contributed by atoms with E-state index >= 15 is 0 Å². The summed E-state index contributed by atoms with van der Waals surface area (Å²) in [5.41, 5.74) is 5.81. The highest BCUT2D eigenvalue weighted by Gasteiger charge is 2.20. The van der Waals surface area contributed by atoms with Crippen LogP contribution < -0.4 is 5.32 Å². The van der Waals surface area contributed by atoms with Crippen LogP contribution in [0.1, 0.15) is 41.1 Å². The molecule has 4 heteroatoms. The van der Waals surface area contributed by atoms with Gasteiger partial charge in [-0.1, -0.05) is 0 Å². The van der Waals surface area contributed by atoms with Crippen molar-refractivity contribution in [2.45, 2.75) is 53.1 Å². The van der Waals surface area contributed by atoms with Crippen LogP contribution in [0, 0.1) is 27.7 Å². The molecular formula is C16H22N4. The normalized spacial score (nSPS) is 14.8. The summed E-state index contributed by atoms with van der Waals surface area (Å²) in [4.78, 5) is 4.63. The summed E-state index contributed by atoms with van der Waals surface area (Å²) in [5, 5.41) is 8.16. The van der Waals surface area contributed by atoms with Gasteiger partial charge in [0.2, 0.25) is 0 Å². The molecule has 0 aliphatic heterocycles. The lowest BCUT2D eigenvalue weighted by molar-refractivity contribution is 0.684. The second-order valence-corrected chi connectivity index (χ2v) is 5.84. The van der Waals surface area contributed by atoms with Crippen molar-refractivity contribution in [3.63, 3.8) is 0 Å². The lowest BCUT2D eigenvalue weighted by atomic mass is 10.2. The molecular weight excluding hydrogens is 248 g/mol. The molecule has 4 nitrogen and oxygen atoms in total. The van der Waals surface area contributed by atoms with E-state index in [1.807, 2.05) is 18.5 Å². The molecule has 1 saturated carbocycles. The van der Waals surface area contributed by atoms with Gasteiger partial charge in [0.1, 0.15) is 0 Å². The van der Waals surface area contributed by atoms with Crippen molar-refractivity contribution in [2.24, 2.45) is 0 Å². The molecule has 106 valence electrons. The molecule has 2 heterocycles. The van der Waals surface area contributed by atoms with E-state index in [4.69, 9.17) is 0 Å². The smallest absolute Gasteiger partial charge is 0.154 e. The second kappa shape index (κ2) is 5.02. The first kappa shape index (κ1) is 13.3. The van der Waals surface area contributed by atoms with Gasteiger partial charge >= 0.3 is 0 Å². The van der Waals surface area contributed by atoms with Gasteiger partial charge in [0.15, 0.2) is 5.82 Å². The number of pyridine rings is 1. The predicted octanol–water partition coefficient (Wildman–Crippen LogP) is 2.75. The molecule has 0 unspecified atom stereocenters. The van der Waals surface area contributed by atoms with Crippen LogP contribution in [0.15, 0.2) is 12.1 Å². The van der Waals surface area contributed by atoms with Gasteiger partial charge in [-0.25, -0.2) is 9.67 Å². The molecule has 0 aromatic carbocycles. The van der Waals surface area contributed by atoms with E-state index in [9.17, 15) is 0 Å². The Hall–Kier alpha value is -1.68. The zero-order valence-corrected chi connectivity index (χ0v) is 12.7. The van der Waals surface area contributed by atoms with Gasteiger partial charge in [-0.05, 0) is 63.8 Å². The topological polar surface area (TPSA) is 42.7 Å². The number of nitrogens with zero attached hydrogens (tertiary/aromatic N) is 3. The quantitative estimate of drug-likeness (QED) is 0.929. The molecule has 3 rings (SSSR count). The third-order valence-electron chi connectivity index (χ3n) is 4.04. The Kier molecular flexibility index (Phi) is 3.34. The van der Waals surface area contributed by atoms with Gasteiger partial charge in [0.25, 0.3) is 0 Å². The van der Waals surface area contributed by atoms with E-state index in [1.54, 1.807) is 0 Å². The highest BCUT2D eigenvalue weighted by molar-refractivity contribution is 5.35. The second-order valence-electron chi connectivity index (χ2n) is 5.84. The van der Waals surface area contributed by atoms with Crippen LogP contribution in [-0.4, -0.2) is 20.8 Å². The zero-order valence-electron chi connectivity index (χ0n) is 12.7. The standard InChI is InChI=1S/C16H22N4/c1-10-7-14(9-17-15-5-6-15)8-16(18-10)20-13(4)11(2)12(3)19-20/h7-8,15,17H,5-6,9H2,1-4H3. The maximum atomic E-state index is 4.63. The third kappa shape index (κ3) is 2.61. The molecule has 0 spiro atoms. The molecule has 2 aromatic heterocycles. The van der Waals surface area contributed by atoms with Crippen LogP contribution in [0.2, 0.25) is 0 Å². The molecule has 0 amide bonds. The molecule has 0 saturated heterocycles. The monoisotopic (exact) mass is 270 g/mol. The first-order chi connectivity index (χ1) is 9.54. The first-order valence-electron chi connectivity index (χ1n) is 7.29. The number of aromatic nitrogens is 3. The van der Waals surface area contributed by atoms with Gasteiger partial charge in [-0.15, -0.1) is 0 Å². The fourth-order valence-corrected chi connectivity index (χ4v) is 2.42. The average molecular weight is 270 g/mol. The first-order valence-corrected chi connectivity index (χ1v) is 7.29. The van der Waals surface area contributed by atoms with E-state index in [-0.39, 0.29) is 0 Å². The summed E-state index contributed by atoms with van der Waals surface area (Å²) in [7, 11) is 0. The summed E-state index contributed by atoms with van der Waals surface area (Å²) >= 11 is 0. The Bertz CT molecular complexity index is 638. The molecule has 1 fully saturated rings. The number of aryl methyl sites for hydroxylation is 2. The molecule has 1 aliphatic rings. The molecule has 2 aromatic rings. The van der Waals surface area contributed by atoms with E-state index in [1.165, 1.54) is 29.7 Å². The largest absolute Gasteiger partial charge is 0.310 e. The molecule has 1 aliphatic carbocycles. The van der Waals surface area contributed by atoms with Crippen LogP contribution in [0.5, 0.6) is 0 Å². The lowest BCUT2D eigenvalue weighted by Gasteiger charge is -2.09. The number of hydrogen-bond donors (Lipinski definition) is 1. The Morgan fingerprint density at radius 3 is 2.55 bits per heavy atom. The van der Waals surface area contributed by atoms with Crippen LogP contribution in [0.25, 0.3) is 5.82 Å². The minimum atomic E-state index is 0.725. The van der Waals surface area contributed by atoms with E-state index in [0.29, 0.717) is 0 Å². The van der Waals surface area contributed by atoms with Gasteiger partial charge in [0, 0.05) is 24.0 Å². The van der Waals surface area contributed by atoms with Crippen molar-refractivity contribution >= 4 is 0 Å². The van der Waals surface area contributed by atoms with Crippen molar-refractivity contribution < 1.29 is 0 Å². The SMILES string of the molecule is Cc1cc(CNC2CC2)cc(-n2nc(C)c(C)c2C)n1. The van der Waals surface area contributed by atoms with Crippen molar-refractivity contribution in [1.82, 2.24) is 20.1 Å². The average Bonchev–Trinajstić information content (AvgIpc) is 3.20. The zero-order chi connectivity index (χ0) is 14.3. The molecule has 1 N–H and O–H groups in total.